The Morgan fingerprint density at radius 2 is 1.88 bits per heavy atom. The Kier molecular flexibility index (Phi) is 3.27. The topological polar surface area (TPSA) is 69.6 Å². The standard InChI is InChI=1S/C18H15N5OS/c1-23-15(8-9-19-23)17-21-16(22-24-17)12-4-2-11(3-5-12)14-10-25-18(20-14)13-6-7-13/h2-5,8-10,13H,6-7H2,1H3. The maximum Gasteiger partial charge on any atom is 0.276 e. The summed E-state index contributed by atoms with van der Waals surface area (Å²) in [6, 6.07) is 9.97. The Hall–Kier alpha value is -2.80. The van der Waals surface area contributed by atoms with E-state index in [2.05, 4.69) is 32.8 Å². The normalized spacial score (nSPS) is 14.1. The van der Waals surface area contributed by atoms with Gasteiger partial charge in [-0.3, -0.25) is 4.68 Å². The van der Waals surface area contributed by atoms with Crippen molar-refractivity contribution in [2.45, 2.75) is 18.8 Å². The molecule has 5 rings (SSSR count). The van der Waals surface area contributed by atoms with Crippen LogP contribution in [0.5, 0.6) is 0 Å². The summed E-state index contributed by atoms with van der Waals surface area (Å²) >= 11 is 1.76. The molecule has 1 aliphatic carbocycles. The van der Waals surface area contributed by atoms with Crippen LogP contribution in [0.1, 0.15) is 23.8 Å². The van der Waals surface area contributed by atoms with Crippen molar-refractivity contribution in [3.63, 3.8) is 0 Å². The molecule has 0 bridgehead atoms. The molecule has 4 aromatic rings. The van der Waals surface area contributed by atoms with Crippen LogP contribution in [0.2, 0.25) is 0 Å². The highest BCUT2D eigenvalue weighted by atomic mass is 32.1. The average molecular weight is 349 g/mol. The minimum Gasteiger partial charge on any atom is -0.332 e. The SMILES string of the molecule is Cn1nccc1-c1nc(-c2ccc(-c3csc(C4CC4)n3)cc2)no1. The molecule has 25 heavy (non-hydrogen) atoms. The van der Waals surface area contributed by atoms with Crippen LogP contribution in [0, 0.1) is 0 Å². The summed E-state index contributed by atoms with van der Waals surface area (Å²) in [5, 5.41) is 11.6. The van der Waals surface area contributed by atoms with Gasteiger partial charge in [-0.15, -0.1) is 11.3 Å². The largest absolute Gasteiger partial charge is 0.332 e. The van der Waals surface area contributed by atoms with E-state index in [1.807, 2.05) is 25.2 Å². The van der Waals surface area contributed by atoms with Gasteiger partial charge < -0.3 is 4.52 Å². The highest BCUT2D eigenvalue weighted by Gasteiger charge is 2.26. The van der Waals surface area contributed by atoms with Crippen LogP contribution in [0.15, 0.2) is 46.4 Å². The molecule has 0 saturated heterocycles. The van der Waals surface area contributed by atoms with Gasteiger partial charge in [0.1, 0.15) is 5.69 Å². The van der Waals surface area contributed by atoms with Gasteiger partial charge in [0, 0.05) is 35.7 Å². The number of aromatic nitrogens is 5. The summed E-state index contributed by atoms with van der Waals surface area (Å²) in [5.74, 6) is 1.73. The number of rotatable bonds is 4. The molecule has 1 saturated carbocycles. The maximum atomic E-state index is 5.36. The number of aryl methyl sites for hydroxylation is 1. The van der Waals surface area contributed by atoms with Gasteiger partial charge in [0.05, 0.1) is 10.7 Å². The van der Waals surface area contributed by atoms with E-state index in [4.69, 9.17) is 9.51 Å². The van der Waals surface area contributed by atoms with E-state index in [9.17, 15) is 0 Å². The Labute approximate surface area is 148 Å². The van der Waals surface area contributed by atoms with Crippen LogP contribution in [-0.2, 0) is 7.05 Å². The van der Waals surface area contributed by atoms with Gasteiger partial charge in [0.15, 0.2) is 0 Å². The van der Waals surface area contributed by atoms with E-state index in [1.165, 1.54) is 17.8 Å². The summed E-state index contributed by atoms with van der Waals surface area (Å²) in [4.78, 5) is 9.22. The van der Waals surface area contributed by atoms with E-state index in [0.29, 0.717) is 17.6 Å². The molecule has 0 aliphatic heterocycles. The molecule has 124 valence electrons. The number of benzene rings is 1. The molecular formula is C18H15N5OS. The van der Waals surface area contributed by atoms with Crippen molar-refractivity contribution in [3.8, 4) is 34.2 Å². The zero-order chi connectivity index (χ0) is 16.8. The number of hydrogen-bond acceptors (Lipinski definition) is 6. The predicted molar refractivity (Wildman–Crippen MR) is 95.0 cm³/mol. The van der Waals surface area contributed by atoms with E-state index in [1.54, 1.807) is 22.2 Å². The third kappa shape index (κ3) is 2.66. The minimum atomic E-state index is 0.465. The molecule has 0 spiro atoms. The van der Waals surface area contributed by atoms with Crippen molar-refractivity contribution in [1.82, 2.24) is 24.9 Å². The van der Waals surface area contributed by atoms with Gasteiger partial charge >= 0.3 is 0 Å². The molecule has 0 N–H and O–H groups in total. The first-order valence-corrected chi connectivity index (χ1v) is 9.04. The predicted octanol–water partition coefficient (Wildman–Crippen LogP) is 4.14. The fraction of sp³-hybridized carbons (Fsp3) is 0.222. The third-order valence-electron chi connectivity index (χ3n) is 4.35. The van der Waals surface area contributed by atoms with Crippen molar-refractivity contribution >= 4 is 11.3 Å². The number of hydrogen-bond donors (Lipinski definition) is 0. The highest BCUT2D eigenvalue weighted by Crippen LogP contribution is 2.42. The average Bonchev–Trinajstić information content (AvgIpc) is 3.04. The number of thiazole rings is 1. The van der Waals surface area contributed by atoms with Crippen molar-refractivity contribution in [1.29, 1.82) is 0 Å². The van der Waals surface area contributed by atoms with E-state index in [-0.39, 0.29) is 0 Å². The van der Waals surface area contributed by atoms with Crippen molar-refractivity contribution in [2.24, 2.45) is 7.05 Å². The lowest BCUT2D eigenvalue weighted by atomic mass is 10.1. The molecule has 0 radical (unpaired) electrons. The van der Waals surface area contributed by atoms with Crippen LogP contribution < -0.4 is 0 Å². The monoisotopic (exact) mass is 349 g/mol. The molecule has 3 heterocycles. The van der Waals surface area contributed by atoms with Gasteiger partial charge in [0.25, 0.3) is 5.89 Å². The van der Waals surface area contributed by atoms with Gasteiger partial charge in [-0.1, -0.05) is 29.4 Å². The zero-order valence-corrected chi connectivity index (χ0v) is 14.4. The Bertz CT molecular complexity index is 1030. The molecule has 1 fully saturated rings. The van der Waals surface area contributed by atoms with Crippen LogP contribution in [0.25, 0.3) is 34.2 Å². The molecule has 3 aromatic heterocycles. The van der Waals surface area contributed by atoms with Crippen LogP contribution in [0.3, 0.4) is 0 Å². The molecule has 1 aliphatic rings. The van der Waals surface area contributed by atoms with E-state index < -0.39 is 0 Å². The Morgan fingerprint density at radius 1 is 1.08 bits per heavy atom. The lowest BCUT2D eigenvalue weighted by Crippen LogP contribution is -1.93. The first-order valence-electron chi connectivity index (χ1n) is 8.16. The minimum absolute atomic E-state index is 0.465. The first kappa shape index (κ1) is 14.5. The van der Waals surface area contributed by atoms with E-state index >= 15 is 0 Å². The highest BCUT2D eigenvalue weighted by molar-refractivity contribution is 7.10. The molecule has 1 aromatic carbocycles. The van der Waals surface area contributed by atoms with Crippen molar-refractivity contribution in [3.05, 3.63) is 46.9 Å². The molecular weight excluding hydrogens is 334 g/mol. The molecule has 0 atom stereocenters. The molecule has 0 amide bonds. The maximum absolute atomic E-state index is 5.36. The van der Waals surface area contributed by atoms with Crippen LogP contribution in [0.4, 0.5) is 0 Å². The fourth-order valence-corrected chi connectivity index (χ4v) is 3.76. The van der Waals surface area contributed by atoms with Crippen molar-refractivity contribution < 1.29 is 4.52 Å². The second-order valence-corrected chi connectivity index (χ2v) is 7.08. The molecule has 6 nitrogen and oxygen atoms in total. The van der Waals surface area contributed by atoms with Crippen LogP contribution >= 0.6 is 11.3 Å². The summed E-state index contributed by atoms with van der Waals surface area (Å²) in [5.41, 5.74) is 3.87. The number of nitrogens with zero attached hydrogens (tertiary/aromatic N) is 5. The smallest absolute Gasteiger partial charge is 0.276 e. The summed E-state index contributed by atoms with van der Waals surface area (Å²) < 4.78 is 7.07. The van der Waals surface area contributed by atoms with Gasteiger partial charge in [-0.2, -0.15) is 10.1 Å². The summed E-state index contributed by atoms with van der Waals surface area (Å²) in [6.45, 7) is 0. The second kappa shape index (κ2) is 5.63. The molecule has 7 heteroatoms. The summed E-state index contributed by atoms with van der Waals surface area (Å²) in [7, 11) is 1.84. The Morgan fingerprint density at radius 3 is 2.60 bits per heavy atom. The lowest BCUT2D eigenvalue weighted by molar-refractivity contribution is 0.428. The van der Waals surface area contributed by atoms with Crippen molar-refractivity contribution in [2.75, 3.05) is 0 Å². The zero-order valence-electron chi connectivity index (χ0n) is 13.6. The van der Waals surface area contributed by atoms with Gasteiger partial charge in [-0.25, -0.2) is 4.98 Å². The van der Waals surface area contributed by atoms with Gasteiger partial charge in [0.2, 0.25) is 5.82 Å². The third-order valence-corrected chi connectivity index (χ3v) is 5.36. The van der Waals surface area contributed by atoms with E-state index in [0.717, 1.165) is 22.5 Å². The molecule has 0 unspecified atom stereocenters. The quantitative estimate of drug-likeness (QED) is 0.554. The Balaban J connectivity index is 1.41. The fourth-order valence-electron chi connectivity index (χ4n) is 2.76. The second-order valence-electron chi connectivity index (χ2n) is 6.19. The lowest BCUT2D eigenvalue weighted by Gasteiger charge is -1.98. The van der Waals surface area contributed by atoms with Crippen LogP contribution in [-0.4, -0.2) is 24.9 Å². The first-order chi connectivity index (χ1) is 12.3. The summed E-state index contributed by atoms with van der Waals surface area (Å²) in [6.07, 6.45) is 4.27. The van der Waals surface area contributed by atoms with Gasteiger partial charge in [-0.05, 0) is 18.9 Å².